The van der Waals surface area contributed by atoms with Gasteiger partial charge in [0.15, 0.2) is 17.5 Å². The number of hydrogen-bond donors (Lipinski definition) is 0. The third kappa shape index (κ3) is 4.52. The van der Waals surface area contributed by atoms with Crippen molar-refractivity contribution in [2.75, 3.05) is 0 Å². The molecule has 0 aliphatic rings. The van der Waals surface area contributed by atoms with Gasteiger partial charge in [-0.15, -0.1) is 0 Å². The SMILES string of the molecule is c1ccc(-c2nc(-c3ccccc3)nc(-c3ccc(-c4cccc5c4oc4ccc6c7ccccc7n(-c7ccccc7)c6c45)cc3)n2)cc1. The average molecular weight is 641 g/mol. The molecule has 5 nitrogen and oxygen atoms in total. The van der Waals surface area contributed by atoms with E-state index in [-0.39, 0.29) is 0 Å². The van der Waals surface area contributed by atoms with Crippen LogP contribution in [0.25, 0.3) is 94.7 Å². The Morgan fingerprint density at radius 1 is 0.400 bits per heavy atom. The van der Waals surface area contributed by atoms with Gasteiger partial charge in [-0.2, -0.15) is 0 Å². The summed E-state index contributed by atoms with van der Waals surface area (Å²) >= 11 is 0. The zero-order chi connectivity index (χ0) is 33.0. The minimum atomic E-state index is 0.627. The molecule has 10 aromatic rings. The number of nitrogens with zero attached hydrogens (tertiary/aromatic N) is 4. The molecule has 0 unspecified atom stereocenters. The number of furan rings is 1. The first-order valence-corrected chi connectivity index (χ1v) is 16.7. The summed E-state index contributed by atoms with van der Waals surface area (Å²) in [5.74, 6) is 1.91. The highest BCUT2D eigenvalue weighted by Crippen LogP contribution is 2.43. The zero-order valence-corrected chi connectivity index (χ0v) is 26.9. The quantitative estimate of drug-likeness (QED) is 0.188. The number of fused-ring (bicyclic) bond motifs is 7. The van der Waals surface area contributed by atoms with Crippen LogP contribution in [-0.2, 0) is 0 Å². The molecule has 0 saturated heterocycles. The van der Waals surface area contributed by atoms with Crippen molar-refractivity contribution in [3.63, 3.8) is 0 Å². The summed E-state index contributed by atoms with van der Waals surface area (Å²) in [7, 11) is 0. The fraction of sp³-hybridized carbons (Fsp3) is 0. The lowest BCUT2D eigenvalue weighted by atomic mass is 10.00. The van der Waals surface area contributed by atoms with Crippen molar-refractivity contribution in [3.8, 4) is 51.0 Å². The maximum atomic E-state index is 6.73. The van der Waals surface area contributed by atoms with Crippen molar-refractivity contribution in [1.29, 1.82) is 0 Å². The maximum Gasteiger partial charge on any atom is 0.164 e. The van der Waals surface area contributed by atoms with E-state index in [1.165, 1.54) is 16.3 Å². The Kier molecular flexibility index (Phi) is 6.42. The van der Waals surface area contributed by atoms with Gasteiger partial charge in [0.2, 0.25) is 0 Å². The molecule has 3 aromatic heterocycles. The van der Waals surface area contributed by atoms with Crippen LogP contribution in [0.2, 0.25) is 0 Å². The maximum absolute atomic E-state index is 6.73. The Balaban J connectivity index is 1.13. The van der Waals surface area contributed by atoms with E-state index >= 15 is 0 Å². The molecule has 0 fully saturated rings. The van der Waals surface area contributed by atoms with Crippen LogP contribution >= 0.6 is 0 Å². The fourth-order valence-electron chi connectivity index (χ4n) is 7.15. The van der Waals surface area contributed by atoms with E-state index in [9.17, 15) is 0 Å². The number of hydrogen-bond acceptors (Lipinski definition) is 4. The highest BCUT2D eigenvalue weighted by Gasteiger charge is 2.20. The van der Waals surface area contributed by atoms with E-state index in [1.807, 2.05) is 60.7 Å². The Morgan fingerprint density at radius 3 is 1.60 bits per heavy atom. The molecular formula is C45H28N4O. The van der Waals surface area contributed by atoms with Crippen molar-refractivity contribution in [3.05, 3.63) is 170 Å². The monoisotopic (exact) mass is 640 g/mol. The van der Waals surface area contributed by atoms with Crippen LogP contribution in [-0.4, -0.2) is 19.5 Å². The van der Waals surface area contributed by atoms with Crippen LogP contribution in [0.4, 0.5) is 0 Å². The third-order valence-electron chi connectivity index (χ3n) is 9.46. The molecule has 5 heteroatoms. The lowest BCUT2D eigenvalue weighted by Crippen LogP contribution is -2.00. The molecule has 0 saturated carbocycles. The molecule has 0 atom stereocenters. The second-order valence-corrected chi connectivity index (χ2v) is 12.4. The van der Waals surface area contributed by atoms with E-state index in [0.29, 0.717) is 17.5 Å². The fourth-order valence-corrected chi connectivity index (χ4v) is 7.15. The summed E-state index contributed by atoms with van der Waals surface area (Å²) in [5.41, 5.74) is 10.1. The lowest BCUT2D eigenvalue weighted by Gasteiger charge is -2.09. The first-order valence-electron chi connectivity index (χ1n) is 16.7. The van der Waals surface area contributed by atoms with Gasteiger partial charge in [-0.05, 0) is 35.9 Å². The van der Waals surface area contributed by atoms with E-state index in [0.717, 1.165) is 61.0 Å². The highest BCUT2D eigenvalue weighted by molar-refractivity contribution is 6.25. The molecule has 7 aromatic carbocycles. The molecule has 0 aliphatic heterocycles. The van der Waals surface area contributed by atoms with Gasteiger partial charge < -0.3 is 8.98 Å². The molecule has 0 N–H and O–H groups in total. The minimum Gasteiger partial charge on any atom is -0.455 e. The lowest BCUT2D eigenvalue weighted by molar-refractivity contribution is 0.670. The van der Waals surface area contributed by atoms with E-state index in [2.05, 4.69) is 114 Å². The average Bonchev–Trinajstić information content (AvgIpc) is 3.75. The Bertz CT molecular complexity index is 2780. The van der Waals surface area contributed by atoms with Crippen LogP contribution in [0.3, 0.4) is 0 Å². The second-order valence-electron chi connectivity index (χ2n) is 12.4. The predicted molar refractivity (Wildman–Crippen MR) is 203 cm³/mol. The number of benzene rings is 7. The summed E-state index contributed by atoms with van der Waals surface area (Å²) in [4.78, 5) is 14.7. The van der Waals surface area contributed by atoms with Crippen molar-refractivity contribution in [2.24, 2.45) is 0 Å². The van der Waals surface area contributed by atoms with Crippen molar-refractivity contribution < 1.29 is 4.42 Å². The summed E-state index contributed by atoms with van der Waals surface area (Å²) in [6, 6.07) is 58.4. The zero-order valence-electron chi connectivity index (χ0n) is 26.9. The van der Waals surface area contributed by atoms with Crippen LogP contribution in [0.5, 0.6) is 0 Å². The van der Waals surface area contributed by atoms with Gasteiger partial charge in [0.05, 0.1) is 16.4 Å². The number of para-hydroxylation sites is 3. The normalized spacial score (nSPS) is 11.6. The topological polar surface area (TPSA) is 56.7 Å². The summed E-state index contributed by atoms with van der Waals surface area (Å²) in [5, 5.41) is 4.63. The van der Waals surface area contributed by atoms with E-state index in [1.54, 1.807) is 0 Å². The largest absolute Gasteiger partial charge is 0.455 e. The van der Waals surface area contributed by atoms with Crippen molar-refractivity contribution in [2.45, 2.75) is 0 Å². The van der Waals surface area contributed by atoms with E-state index < -0.39 is 0 Å². The molecule has 50 heavy (non-hydrogen) atoms. The summed E-state index contributed by atoms with van der Waals surface area (Å²) in [6.07, 6.45) is 0. The first kappa shape index (κ1) is 28.2. The Hall–Kier alpha value is -6.85. The summed E-state index contributed by atoms with van der Waals surface area (Å²) in [6.45, 7) is 0. The molecule has 3 heterocycles. The molecule has 0 aliphatic carbocycles. The highest BCUT2D eigenvalue weighted by atomic mass is 16.3. The van der Waals surface area contributed by atoms with Gasteiger partial charge in [-0.3, -0.25) is 0 Å². The van der Waals surface area contributed by atoms with Crippen molar-refractivity contribution in [1.82, 2.24) is 19.5 Å². The first-order chi connectivity index (χ1) is 24.8. The second kappa shape index (κ2) is 11.4. The standard InChI is InChI=1S/C45H28N4O/c1-4-13-30(14-5-1)43-46-44(31-15-6-2-7-16-31)48-45(47-43)32-25-23-29(24-26-32)34-20-12-21-37-40-39(50-42(34)37)28-27-36-35-19-10-11-22-38(35)49(41(36)40)33-17-8-3-9-18-33/h1-28H. The van der Waals surface area contributed by atoms with Gasteiger partial charge in [-0.1, -0.05) is 140 Å². The van der Waals surface area contributed by atoms with Gasteiger partial charge in [0, 0.05) is 44.1 Å². The van der Waals surface area contributed by atoms with Gasteiger partial charge in [0.25, 0.3) is 0 Å². The molecule has 234 valence electrons. The van der Waals surface area contributed by atoms with Gasteiger partial charge in [-0.25, -0.2) is 15.0 Å². The Labute approximate surface area is 287 Å². The van der Waals surface area contributed by atoms with E-state index in [4.69, 9.17) is 19.4 Å². The number of rotatable bonds is 5. The molecule has 0 amide bonds. The molecule has 10 rings (SSSR count). The molecular weight excluding hydrogens is 613 g/mol. The van der Waals surface area contributed by atoms with Gasteiger partial charge in [0.1, 0.15) is 11.2 Å². The summed E-state index contributed by atoms with van der Waals surface area (Å²) < 4.78 is 9.10. The van der Waals surface area contributed by atoms with Gasteiger partial charge >= 0.3 is 0 Å². The van der Waals surface area contributed by atoms with Crippen LogP contribution in [0, 0.1) is 0 Å². The molecule has 0 spiro atoms. The molecule has 0 bridgehead atoms. The van der Waals surface area contributed by atoms with Crippen LogP contribution in [0.1, 0.15) is 0 Å². The number of aromatic nitrogens is 4. The van der Waals surface area contributed by atoms with Crippen molar-refractivity contribution >= 4 is 43.7 Å². The smallest absolute Gasteiger partial charge is 0.164 e. The predicted octanol–water partition coefficient (Wildman–Crippen LogP) is 11.5. The minimum absolute atomic E-state index is 0.627. The van der Waals surface area contributed by atoms with Crippen LogP contribution < -0.4 is 0 Å². The third-order valence-corrected chi connectivity index (χ3v) is 9.46. The molecule has 0 radical (unpaired) electrons. The Morgan fingerprint density at radius 2 is 0.940 bits per heavy atom. The van der Waals surface area contributed by atoms with Crippen LogP contribution in [0.15, 0.2) is 174 Å².